The van der Waals surface area contributed by atoms with Gasteiger partial charge in [-0.15, -0.1) is 0 Å². The third-order valence-electron chi connectivity index (χ3n) is 4.72. The second kappa shape index (κ2) is 6.48. The number of amides is 1. The third kappa shape index (κ3) is 3.35. The number of aromatic hydroxyl groups is 1. The summed E-state index contributed by atoms with van der Waals surface area (Å²) in [5, 5.41) is 32.3. The maximum atomic E-state index is 13.1. The molecule has 0 radical (unpaired) electrons. The summed E-state index contributed by atoms with van der Waals surface area (Å²) in [4.78, 5) is 25.7. The number of aromatic amines is 2. The average Bonchev–Trinajstić information content (AvgIpc) is 3.16. The molecule has 150 valence electrons. The smallest absolute Gasteiger partial charge is 0.378 e. The molecule has 1 aliphatic rings. The molecule has 1 aliphatic carbocycles. The number of H-pyrrole nitrogens is 2. The van der Waals surface area contributed by atoms with Gasteiger partial charge in [-0.3, -0.25) is 9.89 Å². The van der Waals surface area contributed by atoms with Crippen LogP contribution in [0.25, 0.3) is 16.9 Å². The van der Waals surface area contributed by atoms with Crippen molar-refractivity contribution >= 4 is 11.6 Å². The topological polar surface area (TPSA) is 143 Å². The van der Waals surface area contributed by atoms with Gasteiger partial charge in [-0.2, -0.15) is 14.9 Å². The van der Waals surface area contributed by atoms with E-state index in [9.17, 15) is 20.0 Å². The molecule has 0 saturated heterocycles. The van der Waals surface area contributed by atoms with Gasteiger partial charge in [0.1, 0.15) is 11.8 Å². The summed E-state index contributed by atoms with van der Waals surface area (Å²) in [6.07, 6.45) is 3.20. The van der Waals surface area contributed by atoms with E-state index in [2.05, 4.69) is 20.6 Å². The van der Waals surface area contributed by atoms with Crippen LogP contribution in [0.2, 0.25) is 0 Å². The molecule has 1 fully saturated rings. The molecule has 10 nitrogen and oxygen atoms in total. The minimum atomic E-state index is -0.658. The van der Waals surface area contributed by atoms with Crippen LogP contribution in [-0.4, -0.2) is 36.9 Å². The normalized spacial score (nSPS) is 14.1. The molecule has 4 N–H and O–H groups in total. The lowest BCUT2D eigenvalue weighted by Gasteiger charge is -2.17. The number of hydrogen-bond acceptors (Lipinski definition) is 5. The number of nitrogens with one attached hydrogen (secondary N) is 3. The van der Waals surface area contributed by atoms with E-state index < -0.39 is 11.5 Å². The maximum absolute atomic E-state index is 13.1. The standard InChI is InChI=1S/C19H21N7O3/c1-19(2,3)9-25-14-6-12(11-8-21-23-13(11)7-20)24-26(14)18(29)15(17(25)28)16(27)22-10-4-5-10/h6,8,10H,4-5,9H2,1-3H3,(H3,21,22,23,24,27,28,29)/p+1. The third-order valence-corrected chi connectivity index (χ3v) is 4.72. The monoisotopic (exact) mass is 396 g/mol. The fraction of sp³-hybridized carbons (Fsp3) is 0.421. The van der Waals surface area contributed by atoms with Crippen LogP contribution in [0, 0.1) is 16.7 Å². The highest BCUT2D eigenvalue weighted by Crippen LogP contribution is 2.24. The summed E-state index contributed by atoms with van der Waals surface area (Å²) in [6, 6.07) is 3.71. The Morgan fingerprint density at radius 3 is 2.83 bits per heavy atom. The fourth-order valence-corrected chi connectivity index (χ4v) is 3.24. The number of nitrogens with zero attached hydrogens (tertiary/aromatic N) is 4. The van der Waals surface area contributed by atoms with Gasteiger partial charge in [0.2, 0.25) is 5.56 Å². The minimum Gasteiger partial charge on any atom is -0.477 e. The first-order valence-corrected chi connectivity index (χ1v) is 9.35. The zero-order chi connectivity index (χ0) is 20.9. The first-order chi connectivity index (χ1) is 13.7. The van der Waals surface area contributed by atoms with Gasteiger partial charge in [0.05, 0.1) is 30.1 Å². The van der Waals surface area contributed by atoms with E-state index in [1.54, 1.807) is 6.07 Å². The summed E-state index contributed by atoms with van der Waals surface area (Å²) in [5.74, 6) is -0.967. The molecule has 1 saturated carbocycles. The molecule has 0 bridgehead atoms. The predicted octanol–water partition coefficient (Wildman–Crippen LogP) is 0.821. The molecule has 3 aromatic rings. The number of aromatic nitrogens is 5. The van der Waals surface area contributed by atoms with E-state index in [0.29, 0.717) is 23.4 Å². The zero-order valence-corrected chi connectivity index (χ0v) is 16.4. The Morgan fingerprint density at radius 1 is 1.48 bits per heavy atom. The molecule has 10 heteroatoms. The molecule has 4 rings (SSSR count). The Bertz CT molecular complexity index is 1220. The van der Waals surface area contributed by atoms with Crippen LogP contribution in [0.5, 0.6) is 5.88 Å². The van der Waals surface area contributed by atoms with Gasteiger partial charge in [0.25, 0.3) is 5.91 Å². The molecule has 0 atom stereocenters. The molecule has 0 aliphatic heterocycles. The molecular weight excluding hydrogens is 374 g/mol. The van der Waals surface area contributed by atoms with E-state index in [-0.39, 0.29) is 28.6 Å². The van der Waals surface area contributed by atoms with Crippen LogP contribution in [0.1, 0.15) is 49.7 Å². The van der Waals surface area contributed by atoms with E-state index in [4.69, 9.17) is 0 Å². The predicted molar refractivity (Wildman–Crippen MR) is 102 cm³/mol. The average molecular weight is 396 g/mol. The highest BCUT2D eigenvalue weighted by Gasteiger charge is 2.35. The van der Waals surface area contributed by atoms with Crippen molar-refractivity contribution < 1.29 is 14.5 Å². The number of carbonyl (C=O) groups is 1. The van der Waals surface area contributed by atoms with Gasteiger partial charge < -0.3 is 10.4 Å². The van der Waals surface area contributed by atoms with Crippen molar-refractivity contribution in [2.45, 2.75) is 46.2 Å². The Labute approximate surface area is 165 Å². The first-order valence-electron chi connectivity index (χ1n) is 9.35. The minimum absolute atomic E-state index is 0.0429. The van der Waals surface area contributed by atoms with Crippen molar-refractivity contribution in [3.8, 4) is 23.2 Å². The van der Waals surface area contributed by atoms with Crippen molar-refractivity contribution in [2.24, 2.45) is 5.41 Å². The van der Waals surface area contributed by atoms with Crippen LogP contribution in [0.4, 0.5) is 0 Å². The van der Waals surface area contributed by atoms with Crippen molar-refractivity contribution in [3.05, 3.63) is 33.9 Å². The van der Waals surface area contributed by atoms with Crippen LogP contribution in [-0.2, 0) is 6.54 Å². The number of hydrogen-bond donors (Lipinski definition) is 4. The highest BCUT2D eigenvalue weighted by molar-refractivity contribution is 5.96. The van der Waals surface area contributed by atoms with E-state index in [1.807, 2.05) is 26.8 Å². The first kappa shape index (κ1) is 18.7. The molecule has 29 heavy (non-hydrogen) atoms. The number of fused-ring (bicyclic) bond motifs is 1. The van der Waals surface area contributed by atoms with Crippen molar-refractivity contribution in [1.82, 2.24) is 25.1 Å². The second-order valence-corrected chi connectivity index (χ2v) is 8.53. The lowest BCUT2D eigenvalue weighted by molar-refractivity contribution is -0.692. The van der Waals surface area contributed by atoms with E-state index in [1.165, 1.54) is 15.3 Å². The Balaban J connectivity index is 1.97. The molecule has 0 unspecified atom stereocenters. The molecule has 0 spiro atoms. The molecular formula is C19H22N7O3+. The largest absolute Gasteiger partial charge is 0.477 e. The summed E-state index contributed by atoms with van der Waals surface area (Å²) in [7, 11) is 0. The fourth-order valence-electron chi connectivity index (χ4n) is 3.24. The molecule has 3 heterocycles. The van der Waals surface area contributed by atoms with Gasteiger partial charge in [0.15, 0.2) is 0 Å². The quantitative estimate of drug-likeness (QED) is 0.483. The maximum Gasteiger partial charge on any atom is 0.378 e. The van der Waals surface area contributed by atoms with Crippen molar-refractivity contribution in [3.63, 3.8) is 0 Å². The number of nitriles is 1. The van der Waals surface area contributed by atoms with Crippen LogP contribution in [0.15, 0.2) is 17.1 Å². The lowest BCUT2D eigenvalue weighted by atomic mass is 9.96. The summed E-state index contributed by atoms with van der Waals surface area (Å²) < 4.78 is 2.76. The SMILES string of the molecule is CC(C)(C)C[n+]1c(O)c(C(=O)NC2CC2)c(=O)n2[nH]c(-c3cn[nH]c3C#N)cc21. The molecule has 3 aromatic heterocycles. The number of carbonyl (C=O) groups excluding carboxylic acids is 1. The van der Waals surface area contributed by atoms with E-state index in [0.717, 1.165) is 12.8 Å². The molecule has 1 amide bonds. The summed E-state index contributed by atoms with van der Waals surface area (Å²) in [6.45, 7) is 6.33. The van der Waals surface area contributed by atoms with Crippen LogP contribution in [0.3, 0.4) is 0 Å². The summed E-state index contributed by atoms with van der Waals surface area (Å²) in [5.41, 5.74) is 0.368. The van der Waals surface area contributed by atoms with Crippen LogP contribution >= 0.6 is 0 Å². The van der Waals surface area contributed by atoms with E-state index >= 15 is 0 Å². The van der Waals surface area contributed by atoms with Gasteiger partial charge in [-0.25, -0.2) is 9.89 Å². The van der Waals surface area contributed by atoms with Crippen molar-refractivity contribution in [2.75, 3.05) is 0 Å². The van der Waals surface area contributed by atoms with Crippen LogP contribution < -0.4 is 15.4 Å². The second-order valence-electron chi connectivity index (χ2n) is 8.53. The highest BCUT2D eigenvalue weighted by atomic mass is 16.3. The van der Waals surface area contributed by atoms with Gasteiger partial charge in [-0.1, -0.05) is 25.3 Å². The summed E-state index contributed by atoms with van der Waals surface area (Å²) >= 11 is 0. The lowest BCUT2D eigenvalue weighted by Crippen LogP contribution is -2.47. The van der Waals surface area contributed by atoms with Gasteiger partial charge >= 0.3 is 17.1 Å². The van der Waals surface area contributed by atoms with Gasteiger partial charge in [0, 0.05) is 6.04 Å². The number of rotatable bonds is 4. The van der Waals surface area contributed by atoms with Crippen molar-refractivity contribution in [1.29, 1.82) is 5.26 Å². The molecule has 0 aromatic carbocycles. The Morgan fingerprint density at radius 2 is 2.21 bits per heavy atom. The Hall–Kier alpha value is -3.61. The van der Waals surface area contributed by atoms with Gasteiger partial charge in [-0.05, 0) is 18.3 Å². The zero-order valence-electron chi connectivity index (χ0n) is 16.4. The Kier molecular flexibility index (Phi) is 4.19.